The highest BCUT2D eigenvalue weighted by atomic mass is 16.5. The Morgan fingerprint density at radius 2 is 2.17 bits per heavy atom. The summed E-state index contributed by atoms with van der Waals surface area (Å²) in [4.78, 5) is 11.1. The summed E-state index contributed by atoms with van der Waals surface area (Å²) in [5.41, 5.74) is 1.06. The molecule has 1 aromatic heterocycles. The third-order valence-electron chi connectivity index (χ3n) is 2.67. The van der Waals surface area contributed by atoms with E-state index in [2.05, 4.69) is 17.2 Å². The highest BCUT2D eigenvalue weighted by Crippen LogP contribution is 2.04. The summed E-state index contributed by atoms with van der Waals surface area (Å²) < 4.78 is 6.75. The topological polar surface area (TPSA) is 57.0 Å². The predicted molar refractivity (Wildman–Crippen MR) is 69.1 cm³/mol. The molecule has 0 amide bonds. The first-order valence-electron chi connectivity index (χ1n) is 6.80. The fourth-order valence-electron chi connectivity index (χ4n) is 1.77. The number of carbonyl (C=O) groups is 1. The monoisotopic (exact) mass is 253 g/mol. The number of hydrogen-bond acceptors (Lipinski definition) is 4. The van der Waals surface area contributed by atoms with Crippen LogP contribution in [0.25, 0.3) is 0 Å². The van der Waals surface area contributed by atoms with E-state index in [0.29, 0.717) is 13.0 Å². The molecule has 0 spiro atoms. The van der Waals surface area contributed by atoms with Crippen LogP contribution in [0.1, 0.15) is 51.6 Å². The van der Waals surface area contributed by atoms with E-state index in [1.165, 1.54) is 0 Å². The number of ether oxygens (including phenoxy) is 1. The van der Waals surface area contributed by atoms with Crippen molar-refractivity contribution in [2.24, 2.45) is 0 Å². The predicted octanol–water partition coefficient (Wildman–Crippen LogP) is 2.35. The molecule has 0 unspecified atom stereocenters. The molecule has 0 aliphatic heterocycles. The Hall–Kier alpha value is -1.39. The minimum absolute atomic E-state index is 0.0940. The number of esters is 1. The molecule has 1 rings (SSSR count). The zero-order chi connectivity index (χ0) is 13.2. The number of aryl methyl sites for hydroxylation is 2. The van der Waals surface area contributed by atoms with Crippen LogP contribution in [-0.4, -0.2) is 27.6 Å². The minimum atomic E-state index is -0.0940. The van der Waals surface area contributed by atoms with Gasteiger partial charge in [0.25, 0.3) is 0 Å². The lowest BCUT2D eigenvalue weighted by Gasteiger charge is -2.02. The molecule has 0 N–H and O–H groups in total. The Balaban J connectivity index is 2.08. The van der Waals surface area contributed by atoms with Crippen LogP contribution in [0, 0.1) is 0 Å². The third kappa shape index (κ3) is 5.80. The van der Waals surface area contributed by atoms with E-state index < -0.39 is 0 Å². The van der Waals surface area contributed by atoms with Crippen molar-refractivity contribution in [1.82, 2.24) is 15.0 Å². The number of unbranched alkanes of at least 4 members (excludes halogenated alkanes) is 2. The van der Waals surface area contributed by atoms with Gasteiger partial charge in [0.2, 0.25) is 0 Å². The summed E-state index contributed by atoms with van der Waals surface area (Å²) in [5, 5.41) is 8.17. The maximum absolute atomic E-state index is 11.1. The van der Waals surface area contributed by atoms with E-state index in [0.717, 1.165) is 44.3 Å². The van der Waals surface area contributed by atoms with Crippen molar-refractivity contribution in [1.29, 1.82) is 0 Å². The molecule has 0 bridgehead atoms. The van der Waals surface area contributed by atoms with Crippen molar-refractivity contribution in [3.05, 3.63) is 11.9 Å². The SMILES string of the molecule is CCCc1cn(CCCCCC(=O)OCC)nn1. The molecule has 0 saturated carbocycles. The molecule has 0 saturated heterocycles. The Morgan fingerprint density at radius 1 is 1.33 bits per heavy atom. The molecule has 1 heterocycles. The zero-order valence-corrected chi connectivity index (χ0v) is 11.4. The fourth-order valence-corrected chi connectivity index (χ4v) is 1.77. The molecule has 102 valence electrons. The van der Waals surface area contributed by atoms with Crippen molar-refractivity contribution in [3.63, 3.8) is 0 Å². The molecule has 18 heavy (non-hydrogen) atoms. The molecule has 0 radical (unpaired) electrons. The van der Waals surface area contributed by atoms with Crippen LogP contribution in [0.3, 0.4) is 0 Å². The smallest absolute Gasteiger partial charge is 0.305 e. The van der Waals surface area contributed by atoms with Crippen molar-refractivity contribution in [3.8, 4) is 0 Å². The van der Waals surface area contributed by atoms with E-state index in [4.69, 9.17) is 4.74 Å². The lowest BCUT2D eigenvalue weighted by atomic mass is 10.2. The van der Waals surface area contributed by atoms with Gasteiger partial charge < -0.3 is 4.74 Å². The molecule has 5 heteroatoms. The maximum Gasteiger partial charge on any atom is 0.305 e. The first-order valence-corrected chi connectivity index (χ1v) is 6.80. The van der Waals surface area contributed by atoms with E-state index in [9.17, 15) is 4.79 Å². The molecular weight excluding hydrogens is 230 g/mol. The molecule has 0 aliphatic carbocycles. The fraction of sp³-hybridized carbons (Fsp3) is 0.769. The summed E-state index contributed by atoms with van der Waals surface area (Å²) in [6, 6.07) is 0. The average molecular weight is 253 g/mol. The first-order chi connectivity index (χ1) is 8.76. The van der Waals surface area contributed by atoms with E-state index >= 15 is 0 Å². The van der Waals surface area contributed by atoms with Gasteiger partial charge in [0, 0.05) is 19.2 Å². The normalized spacial score (nSPS) is 10.6. The average Bonchev–Trinajstić information content (AvgIpc) is 2.77. The molecule has 1 aromatic rings. The molecule has 5 nitrogen and oxygen atoms in total. The maximum atomic E-state index is 11.1. The minimum Gasteiger partial charge on any atom is -0.466 e. The number of rotatable bonds is 9. The number of aromatic nitrogens is 3. The Labute approximate surface area is 109 Å². The third-order valence-corrected chi connectivity index (χ3v) is 2.67. The van der Waals surface area contributed by atoms with Crippen molar-refractivity contribution < 1.29 is 9.53 Å². The van der Waals surface area contributed by atoms with Gasteiger partial charge in [-0.15, -0.1) is 5.10 Å². The van der Waals surface area contributed by atoms with Crippen molar-refractivity contribution in [2.45, 2.75) is 58.9 Å². The summed E-state index contributed by atoms with van der Waals surface area (Å²) in [5.74, 6) is -0.0940. The zero-order valence-electron chi connectivity index (χ0n) is 11.4. The van der Waals surface area contributed by atoms with Gasteiger partial charge in [-0.3, -0.25) is 9.48 Å². The number of carbonyl (C=O) groups excluding carboxylic acids is 1. The van der Waals surface area contributed by atoms with Crippen LogP contribution in [0.4, 0.5) is 0 Å². The summed E-state index contributed by atoms with van der Waals surface area (Å²) in [7, 11) is 0. The Bertz CT molecular complexity index is 350. The first kappa shape index (κ1) is 14.7. The molecule has 0 aromatic carbocycles. The second-order valence-electron chi connectivity index (χ2n) is 4.34. The van der Waals surface area contributed by atoms with Crippen LogP contribution in [0.15, 0.2) is 6.20 Å². The summed E-state index contributed by atoms with van der Waals surface area (Å²) in [6.07, 6.45) is 7.54. The van der Waals surface area contributed by atoms with Crippen LogP contribution < -0.4 is 0 Å². The van der Waals surface area contributed by atoms with Crippen LogP contribution >= 0.6 is 0 Å². The van der Waals surface area contributed by atoms with E-state index in [1.807, 2.05) is 17.8 Å². The van der Waals surface area contributed by atoms with Crippen LogP contribution in [0.5, 0.6) is 0 Å². The van der Waals surface area contributed by atoms with Gasteiger partial charge in [-0.2, -0.15) is 0 Å². The van der Waals surface area contributed by atoms with Gasteiger partial charge in [0.1, 0.15) is 0 Å². The van der Waals surface area contributed by atoms with Gasteiger partial charge >= 0.3 is 5.97 Å². The molecule has 0 fully saturated rings. The van der Waals surface area contributed by atoms with Crippen LogP contribution in [-0.2, 0) is 22.5 Å². The standard InChI is InChI=1S/C13H23N3O2/c1-3-8-12-11-16(15-14-12)10-7-5-6-9-13(17)18-4-2/h11H,3-10H2,1-2H3. The summed E-state index contributed by atoms with van der Waals surface area (Å²) >= 11 is 0. The Morgan fingerprint density at radius 3 is 2.89 bits per heavy atom. The van der Waals surface area contributed by atoms with E-state index in [-0.39, 0.29) is 5.97 Å². The quantitative estimate of drug-likeness (QED) is 0.501. The number of nitrogens with zero attached hydrogens (tertiary/aromatic N) is 3. The molecule has 0 atom stereocenters. The lowest BCUT2D eigenvalue weighted by molar-refractivity contribution is -0.143. The number of hydrogen-bond donors (Lipinski definition) is 0. The Kier molecular flexibility index (Phi) is 7.06. The largest absolute Gasteiger partial charge is 0.466 e. The van der Waals surface area contributed by atoms with Gasteiger partial charge in [-0.1, -0.05) is 25.0 Å². The van der Waals surface area contributed by atoms with Gasteiger partial charge in [0.15, 0.2) is 0 Å². The van der Waals surface area contributed by atoms with Gasteiger partial charge in [0.05, 0.1) is 12.3 Å². The van der Waals surface area contributed by atoms with Gasteiger partial charge in [-0.05, 0) is 26.2 Å². The second kappa shape index (κ2) is 8.66. The van der Waals surface area contributed by atoms with Crippen molar-refractivity contribution in [2.75, 3.05) is 6.61 Å². The summed E-state index contributed by atoms with van der Waals surface area (Å²) in [6.45, 7) is 5.31. The molecule has 0 aliphatic rings. The van der Waals surface area contributed by atoms with Crippen LogP contribution in [0.2, 0.25) is 0 Å². The van der Waals surface area contributed by atoms with Crippen molar-refractivity contribution >= 4 is 5.97 Å². The second-order valence-corrected chi connectivity index (χ2v) is 4.34. The van der Waals surface area contributed by atoms with Gasteiger partial charge in [-0.25, -0.2) is 0 Å². The highest BCUT2D eigenvalue weighted by Gasteiger charge is 2.02. The van der Waals surface area contributed by atoms with E-state index in [1.54, 1.807) is 0 Å². The highest BCUT2D eigenvalue weighted by molar-refractivity contribution is 5.69. The lowest BCUT2D eigenvalue weighted by Crippen LogP contribution is -2.04. The molecular formula is C13H23N3O2.